The standard InChI is InChI=1S/C19H22O3/c1-12-6-7-19(2,3)11-15(12)9-14-8-13-4-5-18(21)22-17(13)10-16(14)20/h4-5,8,10,20H,6-7,9,11H2,1-3H3. The summed E-state index contributed by atoms with van der Waals surface area (Å²) >= 11 is 0. The third kappa shape index (κ3) is 2.94. The lowest BCUT2D eigenvalue weighted by molar-refractivity contribution is 0.310. The van der Waals surface area contributed by atoms with Crippen molar-refractivity contribution in [1.82, 2.24) is 0 Å². The molecule has 0 spiro atoms. The molecule has 2 aromatic rings. The molecule has 3 rings (SSSR count). The van der Waals surface area contributed by atoms with Crippen LogP contribution in [0, 0.1) is 5.41 Å². The maximum Gasteiger partial charge on any atom is 0.336 e. The van der Waals surface area contributed by atoms with E-state index < -0.39 is 5.63 Å². The van der Waals surface area contributed by atoms with Crippen LogP contribution in [0.25, 0.3) is 11.0 Å². The second kappa shape index (κ2) is 5.31. The first kappa shape index (κ1) is 14.9. The zero-order chi connectivity index (χ0) is 15.9. The molecule has 1 aliphatic rings. The molecule has 0 unspecified atom stereocenters. The van der Waals surface area contributed by atoms with E-state index in [9.17, 15) is 9.90 Å². The van der Waals surface area contributed by atoms with Crippen molar-refractivity contribution >= 4 is 11.0 Å². The normalized spacial score (nSPS) is 18.0. The van der Waals surface area contributed by atoms with Crippen LogP contribution in [0.1, 0.15) is 45.6 Å². The van der Waals surface area contributed by atoms with Gasteiger partial charge < -0.3 is 9.52 Å². The van der Waals surface area contributed by atoms with Crippen LogP contribution < -0.4 is 5.63 Å². The first-order valence-electron chi connectivity index (χ1n) is 7.77. The van der Waals surface area contributed by atoms with Crippen LogP contribution in [0.2, 0.25) is 0 Å². The molecule has 3 heteroatoms. The molecule has 1 heterocycles. The van der Waals surface area contributed by atoms with Crippen molar-refractivity contribution in [3.8, 4) is 5.75 Å². The summed E-state index contributed by atoms with van der Waals surface area (Å²) in [7, 11) is 0. The molecule has 0 saturated heterocycles. The summed E-state index contributed by atoms with van der Waals surface area (Å²) < 4.78 is 5.11. The summed E-state index contributed by atoms with van der Waals surface area (Å²) in [5.41, 5.74) is 4.12. The number of hydrogen-bond acceptors (Lipinski definition) is 3. The molecule has 116 valence electrons. The van der Waals surface area contributed by atoms with Crippen molar-refractivity contribution in [2.75, 3.05) is 0 Å². The average molecular weight is 298 g/mol. The van der Waals surface area contributed by atoms with E-state index in [-0.39, 0.29) is 5.75 Å². The number of aromatic hydroxyl groups is 1. The van der Waals surface area contributed by atoms with Gasteiger partial charge in [-0.2, -0.15) is 0 Å². The summed E-state index contributed by atoms with van der Waals surface area (Å²) in [5, 5.41) is 11.1. The van der Waals surface area contributed by atoms with E-state index in [0.29, 0.717) is 11.0 Å². The van der Waals surface area contributed by atoms with Gasteiger partial charge in [0, 0.05) is 17.5 Å². The highest BCUT2D eigenvalue weighted by Crippen LogP contribution is 2.40. The van der Waals surface area contributed by atoms with Gasteiger partial charge in [0.15, 0.2) is 0 Å². The highest BCUT2D eigenvalue weighted by molar-refractivity contribution is 5.79. The predicted octanol–water partition coefficient (Wildman–Crippen LogP) is 4.57. The quantitative estimate of drug-likeness (QED) is 0.652. The maximum absolute atomic E-state index is 11.3. The fourth-order valence-corrected chi connectivity index (χ4v) is 3.26. The van der Waals surface area contributed by atoms with Crippen LogP contribution in [-0.2, 0) is 6.42 Å². The van der Waals surface area contributed by atoms with Crippen molar-refractivity contribution in [1.29, 1.82) is 0 Å². The molecule has 0 saturated carbocycles. The molecule has 3 nitrogen and oxygen atoms in total. The Hall–Kier alpha value is -2.03. The molecule has 1 N–H and O–H groups in total. The van der Waals surface area contributed by atoms with Crippen molar-refractivity contribution in [3.05, 3.63) is 51.4 Å². The van der Waals surface area contributed by atoms with Crippen LogP contribution in [0.15, 0.2) is 44.6 Å². The Bertz CT molecular complexity index is 809. The van der Waals surface area contributed by atoms with Gasteiger partial charge in [0.05, 0.1) is 0 Å². The monoisotopic (exact) mass is 298 g/mol. The molecule has 0 bridgehead atoms. The maximum atomic E-state index is 11.3. The van der Waals surface area contributed by atoms with Gasteiger partial charge in [-0.05, 0) is 55.7 Å². The van der Waals surface area contributed by atoms with E-state index in [0.717, 1.165) is 30.2 Å². The second-order valence-corrected chi connectivity index (χ2v) is 7.17. The van der Waals surface area contributed by atoms with Gasteiger partial charge in [-0.15, -0.1) is 0 Å². The first-order chi connectivity index (χ1) is 10.3. The summed E-state index contributed by atoms with van der Waals surface area (Å²) in [5.74, 6) is 0.200. The number of hydrogen-bond donors (Lipinski definition) is 1. The van der Waals surface area contributed by atoms with Crippen LogP contribution >= 0.6 is 0 Å². The third-order valence-corrected chi connectivity index (χ3v) is 4.70. The van der Waals surface area contributed by atoms with Gasteiger partial charge in [0.1, 0.15) is 11.3 Å². The van der Waals surface area contributed by atoms with Crippen LogP contribution in [0.5, 0.6) is 5.75 Å². The molecule has 0 fully saturated rings. The van der Waals surface area contributed by atoms with Gasteiger partial charge in [-0.1, -0.05) is 25.0 Å². The topological polar surface area (TPSA) is 50.4 Å². The first-order valence-corrected chi connectivity index (χ1v) is 7.77. The summed E-state index contributed by atoms with van der Waals surface area (Å²) in [6.45, 7) is 6.80. The van der Waals surface area contributed by atoms with E-state index in [1.807, 2.05) is 6.07 Å². The minimum Gasteiger partial charge on any atom is -0.508 e. The lowest BCUT2D eigenvalue weighted by Crippen LogP contribution is -2.18. The molecule has 0 radical (unpaired) electrons. The average Bonchev–Trinajstić information content (AvgIpc) is 2.44. The lowest BCUT2D eigenvalue weighted by Gasteiger charge is -2.32. The number of allylic oxidation sites excluding steroid dienone is 2. The van der Waals surface area contributed by atoms with Gasteiger partial charge in [0.2, 0.25) is 0 Å². The minimum atomic E-state index is -0.396. The summed E-state index contributed by atoms with van der Waals surface area (Å²) in [4.78, 5) is 11.3. The molecular weight excluding hydrogens is 276 g/mol. The molecule has 1 aromatic carbocycles. The van der Waals surface area contributed by atoms with Crippen molar-refractivity contribution in [2.24, 2.45) is 5.41 Å². The number of benzene rings is 1. The van der Waals surface area contributed by atoms with Crippen LogP contribution in [0.4, 0.5) is 0 Å². The zero-order valence-corrected chi connectivity index (χ0v) is 13.4. The second-order valence-electron chi connectivity index (χ2n) is 7.17. The van der Waals surface area contributed by atoms with Gasteiger partial charge in [-0.3, -0.25) is 0 Å². The molecule has 0 aliphatic heterocycles. The summed E-state index contributed by atoms with van der Waals surface area (Å²) in [6, 6.07) is 6.64. The molecule has 0 atom stereocenters. The van der Waals surface area contributed by atoms with Crippen LogP contribution in [-0.4, -0.2) is 5.11 Å². The highest BCUT2D eigenvalue weighted by Gasteiger charge is 2.25. The Morgan fingerprint density at radius 3 is 2.82 bits per heavy atom. The van der Waals surface area contributed by atoms with Crippen molar-refractivity contribution in [3.63, 3.8) is 0 Å². The Kier molecular flexibility index (Phi) is 3.59. The zero-order valence-electron chi connectivity index (χ0n) is 13.4. The summed E-state index contributed by atoms with van der Waals surface area (Å²) in [6.07, 6.45) is 4.18. The minimum absolute atomic E-state index is 0.200. The smallest absolute Gasteiger partial charge is 0.336 e. The van der Waals surface area contributed by atoms with E-state index >= 15 is 0 Å². The largest absolute Gasteiger partial charge is 0.508 e. The third-order valence-electron chi connectivity index (χ3n) is 4.70. The van der Waals surface area contributed by atoms with Crippen LogP contribution in [0.3, 0.4) is 0 Å². The number of fused-ring (bicyclic) bond motifs is 1. The lowest BCUT2D eigenvalue weighted by atomic mass is 9.73. The van der Waals surface area contributed by atoms with Gasteiger partial charge in [-0.25, -0.2) is 4.79 Å². The molecule has 1 aliphatic carbocycles. The molecule has 0 amide bonds. The van der Waals surface area contributed by atoms with E-state index in [4.69, 9.17) is 4.42 Å². The predicted molar refractivity (Wildman–Crippen MR) is 88.2 cm³/mol. The van der Waals surface area contributed by atoms with Crippen molar-refractivity contribution < 1.29 is 9.52 Å². The van der Waals surface area contributed by atoms with Gasteiger partial charge in [0.25, 0.3) is 0 Å². The van der Waals surface area contributed by atoms with E-state index in [1.165, 1.54) is 23.6 Å². The van der Waals surface area contributed by atoms with Gasteiger partial charge >= 0.3 is 5.63 Å². The van der Waals surface area contributed by atoms with E-state index in [1.54, 1.807) is 12.1 Å². The number of rotatable bonds is 2. The molecular formula is C19H22O3. The SMILES string of the molecule is CC1=C(Cc2cc3ccc(=O)oc3cc2O)CC(C)(C)CC1. The number of phenols is 1. The highest BCUT2D eigenvalue weighted by atomic mass is 16.4. The molecule has 1 aromatic heterocycles. The molecule has 22 heavy (non-hydrogen) atoms. The Morgan fingerprint density at radius 1 is 1.27 bits per heavy atom. The Balaban J connectivity index is 1.98. The van der Waals surface area contributed by atoms with Crippen molar-refractivity contribution in [2.45, 2.75) is 46.5 Å². The number of phenolic OH excluding ortho intramolecular Hbond substituents is 1. The Labute approximate surface area is 130 Å². The Morgan fingerprint density at radius 2 is 2.05 bits per heavy atom. The fraction of sp³-hybridized carbons (Fsp3) is 0.421. The van der Waals surface area contributed by atoms with E-state index in [2.05, 4.69) is 20.8 Å². The fourth-order valence-electron chi connectivity index (χ4n) is 3.26.